The Hall–Kier alpha value is -2.56. The van der Waals surface area contributed by atoms with E-state index in [1.54, 1.807) is 18.2 Å². The maximum Gasteiger partial charge on any atom is 0.252 e. The van der Waals surface area contributed by atoms with Crippen LogP contribution in [0.2, 0.25) is 10.0 Å². The van der Waals surface area contributed by atoms with E-state index in [-0.39, 0.29) is 11.3 Å². The largest absolute Gasteiger partial charge is 0.331 e. The van der Waals surface area contributed by atoms with Crippen LogP contribution in [0.5, 0.6) is 0 Å². The van der Waals surface area contributed by atoms with Gasteiger partial charge < -0.3 is 9.88 Å². The number of nitrogens with one attached hydrogen (secondary N) is 1. The molecule has 1 aromatic heterocycles. The maximum absolute atomic E-state index is 13.4. The normalized spacial score (nSPS) is 14.2. The number of aromatic nitrogens is 2. The van der Waals surface area contributed by atoms with Crippen LogP contribution in [0.15, 0.2) is 60.6 Å². The molecular weight excluding hydrogens is 429 g/mol. The van der Waals surface area contributed by atoms with Crippen molar-refractivity contribution in [2.24, 2.45) is 0 Å². The predicted molar refractivity (Wildman–Crippen MR) is 128 cm³/mol. The summed E-state index contributed by atoms with van der Waals surface area (Å²) in [4.78, 5) is 17.7. The van der Waals surface area contributed by atoms with Gasteiger partial charge in [-0.05, 0) is 47.6 Å². The second-order valence-corrected chi connectivity index (χ2v) is 9.65. The van der Waals surface area contributed by atoms with Gasteiger partial charge in [0.2, 0.25) is 0 Å². The Morgan fingerprint density at radius 1 is 1.06 bits per heavy atom. The van der Waals surface area contributed by atoms with Crippen molar-refractivity contribution in [2.45, 2.75) is 45.6 Å². The van der Waals surface area contributed by atoms with E-state index in [0.29, 0.717) is 22.2 Å². The Morgan fingerprint density at radius 3 is 2.48 bits per heavy atom. The van der Waals surface area contributed by atoms with Crippen LogP contribution in [0.25, 0.3) is 5.57 Å². The van der Waals surface area contributed by atoms with Crippen LogP contribution in [0.1, 0.15) is 50.4 Å². The number of rotatable bonds is 3. The Balaban J connectivity index is 1.79. The molecule has 0 fully saturated rings. The van der Waals surface area contributed by atoms with Gasteiger partial charge >= 0.3 is 0 Å². The number of nitrogens with zero attached hydrogens (tertiary/aromatic N) is 2. The highest BCUT2D eigenvalue weighted by atomic mass is 35.5. The van der Waals surface area contributed by atoms with Crippen LogP contribution in [-0.4, -0.2) is 15.5 Å². The first-order chi connectivity index (χ1) is 14.7. The topological polar surface area (TPSA) is 46.9 Å². The summed E-state index contributed by atoms with van der Waals surface area (Å²) in [5, 5.41) is 3.86. The van der Waals surface area contributed by atoms with E-state index in [2.05, 4.69) is 59.9 Å². The molecule has 31 heavy (non-hydrogen) atoms. The van der Waals surface area contributed by atoms with Gasteiger partial charge in [0, 0.05) is 23.4 Å². The molecule has 0 radical (unpaired) electrons. The summed E-state index contributed by atoms with van der Waals surface area (Å²) in [6.07, 6.45) is 5.20. The lowest BCUT2D eigenvalue weighted by Crippen LogP contribution is -2.16. The zero-order chi connectivity index (χ0) is 22.2. The maximum atomic E-state index is 13.4. The van der Waals surface area contributed by atoms with Crippen molar-refractivity contribution >= 4 is 40.4 Å². The number of carbonyl (C=O) groups excluding carboxylic acids is 1. The van der Waals surface area contributed by atoms with Gasteiger partial charge in [-0.3, -0.25) is 4.79 Å². The molecule has 2 aromatic carbocycles. The van der Waals surface area contributed by atoms with Gasteiger partial charge in [0.15, 0.2) is 0 Å². The number of hydrogen-bond donors (Lipinski definition) is 1. The number of fused-ring (bicyclic) bond motifs is 1. The highest BCUT2D eigenvalue weighted by molar-refractivity contribution is 6.42. The standard InChI is InChI=1S/C25H25Cl2N3O/c1-25(2,3)17-8-6-16(7-9-17)23-19(5-4-12-30-15-28-14-22(23)30)24(31)29-18-10-11-20(26)21(27)13-18/h6-11,13-15H,4-5,12H2,1-3H3,(H,29,31). The molecule has 160 valence electrons. The number of hydrogen-bond acceptors (Lipinski definition) is 2. The molecule has 0 bridgehead atoms. The highest BCUT2D eigenvalue weighted by Gasteiger charge is 2.24. The third-order valence-corrected chi connectivity index (χ3v) is 6.33. The lowest BCUT2D eigenvalue weighted by Gasteiger charge is -2.20. The van der Waals surface area contributed by atoms with Crippen LogP contribution < -0.4 is 5.32 Å². The quantitative estimate of drug-likeness (QED) is 0.478. The van der Waals surface area contributed by atoms with Crippen LogP contribution in [0.4, 0.5) is 5.69 Å². The fourth-order valence-corrected chi connectivity index (χ4v) is 4.18. The molecule has 3 aromatic rings. The number of carbonyl (C=O) groups is 1. The van der Waals surface area contributed by atoms with E-state index >= 15 is 0 Å². The Bertz CT molecular complexity index is 1150. The average Bonchev–Trinajstić information content (AvgIpc) is 3.10. The molecule has 0 atom stereocenters. The number of benzene rings is 2. The van der Waals surface area contributed by atoms with Gasteiger partial charge in [0.1, 0.15) is 0 Å². The SMILES string of the molecule is CC(C)(C)c1ccc(C2=C(C(=O)Nc3ccc(Cl)c(Cl)c3)CCCn3cncc32)cc1. The van der Waals surface area contributed by atoms with Gasteiger partial charge in [-0.15, -0.1) is 0 Å². The van der Waals surface area contributed by atoms with Gasteiger partial charge in [-0.2, -0.15) is 0 Å². The molecule has 0 saturated heterocycles. The first-order valence-electron chi connectivity index (χ1n) is 10.3. The van der Waals surface area contributed by atoms with Crippen molar-refractivity contribution in [3.63, 3.8) is 0 Å². The third-order valence-electron chi connectivity index (χ3n) is 5.59. The highest BCUT2D eigenvalue weighted by Crippen LogP contribution is 2.34. The summed E-state index contributed by atoms with van der Waals surface area (Å²) in [7, 11) is 0. The molecule has 2 heterocycles. The number of amides is 1. The van der Waals surface area contributed by atoms with Crippen molar-refractivity contribution < 1.29 is 4.79 Å². The molecule has 0 saturated carbocycles. The molecule has 4 rings (SSSR count). The zero-order valence-electron chi connectivity index (χ0n) is 17.9. The fraction of sp³-hybridized carbons (Fsp3) is 0.280. The monoisotopic (exact) mass is 453 g/mol. The summed E-state index contributed by atoms with van der Waals surface area (Å²) >= 11 is 12.1. The summed E-state index contributed by atoms with van der Waals surface area (Å²) in [6, 6.07) is 13.6. The van der Waals surface area contributed by atoms with Gasteiger partial charge in [0.05, 0.1) is 28.3 Å². The van der Waals surface area contributed by atoms with E-state index in [1.165, 1.54) is 5.56 Å². The second-order valence-electron chi connectivity index (χ2n) is 8.84. The van der Waals surface area contributed by atoms with Crippen LogP contribution in [0.3, 0.4) is 0 Å². The smallest absolute Gasteiger partial charge is 0.252 e. The van der Waals surface area contributed by atoms with Gasteiger partial charge in [-0.1, -0.05) is 68.2 Å². The van der Waals surface area contributed by atoms with Gasteiger partial charge in [-0.25, -0.2) is 4.98 Å². The minimum atomic E-state index is -0.136. The minimum absolute atomic E-state index is 0.0617. The molecule has 1 amide bonds. The second kappa shape index (κ2) is 8.52. The van der Waals surface area contributed by atoms with Crippen molar-refractivity contribution in [1.29, 1.82) is 0 Å². The first-order valence-corrected chi connectivity index (χ1v) is 11.1. The summed E-state index contributed by atoms with van der Waals surface area (Å²) in [5.74, 6) is -0.136. The summed E-state index contributed by atoms with van der Waals surface area (Å²) in [6.45, 7) is 7.40. The van der Waals surface area contributed by atoms with Crippen LogP contribution >= 0.6 is 23.2 Å². The molecule has 1 aliphatic rings. The lowest BCUT2D eigenvalue weighted by molar-refractivity contribution is -0.112. The van der Waals surface area contributed by atoms with Crippen molar-refractivity contribution in [3.8, 4) is 0 Å². The predicted octanol–water partition coefficient (Wildman–Crippen LogP) is 6.72. The molecule has 0 unspecified atom stereocenters. The number of anilines is 1. The molecule has 0 aliphatic carbocycles. The van der Waals surface area contributed by atoms with Crippen molar-refractivity contribution in [3.05, 3.63) is 87.4 Å². The minimum Gasteiger partial charge on any atom is -0.331 e. The zero-order valence-corrected chi connectivity index (χ0v) is 19.4. The van der Waals surface area contributed by atoms with Crippen molar-refractivity contribution in [2.75, 3.05) is 5.32 Å². The van der Waals surface area contributed by atoms with E-state index in [9.17, 15) is 4.79 Å². The molecular formula is C25H25Cl2N3O. The van der Waals surface area contributed by atoms with E-state index in [0.717, 1.165) is 35.4 Å². The van der Waals surface area contributed by atoms with E-state index in [4.69, 9.17) is 23.2 Å². The van der Waals surface area contributed by atoms with Crippen molar-refractivity contribution in [1.82, 2.24) is 9.55 Å². The Labute approximate surface area is 192 Å². The third kappa shape index (κ3) is 4.56. The van der Waals surface area contributed by atoms with Gasteiger partial charge in [0.25, 0.3) is 5.91 Å². The first kappa shape index (κ1) is 21.7. The fourth-order valence-electron chi connectivity index (χ4n) is 3.88. The molecule has 6 heteroatoms. The average molecular weight is 454 g/mol. The lowest BCUT2D eigenvalue weighted by atomic mass is 9.85. The Kier molecular flexibility index (Phi) is 5.96. The number of halogens is 2. The molecule has 1 aliphatic heterocycles. The van der Waals surface area contributed by atoms with Crippen LogP contribution in [-0.2, 0) is 16.8 Å². The Morgan fingerprint density at radius 2 is 1.81 bits per heavy atom. The van der Waals surface area contributed by atoms with E-state index < -0.39 is 0 Å². The molecule has 4 nitrogen and oxygen atoms in total. The molecule has 0 spiro atoms. The number of aryl methyl sites for hydroxylation is 1. The number of imidazole rings is 1. The summed E-state index contributed by atoms with van der Waals surface area (Å²) < 4.78 is 2.12. The van der Waals surface area contributed by atoms with Crippen LogP contribution in [0, 0.1) is 0 Å². The summed E-state index contributed by atoms with van der Waals surface area (Å²) in [5.41, 5.74) is 5.57. The van der Waals surface area contributed by atoms with E-state index in [1.807, 2.05) is 12.5 Å². The molecule has 1 N–H and O–H groups in total.